The third kappa shape index (κ3) is 4.02. The van der Waals surface area contributed by atoms with Crippen molar-refractivity contribution in [2.75, 3.05) is 13.2 Å². The van der Waals surface area contributed by atoms with E-state index in [1.54, 1.807) is 17.5 Å². The average molecular weight is 364 g/mol. The first-order valence-electron chi connectivity index (χ1n) is 7.81. The minimum atomic E-state index is -1.28. The molecule has 2 heterocycles. The van der Waals surface area contributed by atoms with E-state index in [1.165, 1.54) is 23.5 Å². The minimum absolute atomic E-state index is 0.0261. The molecule has 132 valence electrons. The fourth-order valence-corrected chi connectivity index (χ4v) is 3.55. The van der Waals surface area contributed by atoms with Crippen LogP contribution < -0.4 is 5.32 Å². The van der Waals surface area contributed by atoms with Gasteiger partial charge < -0.3 is 15.2 Å². The number of carbonyl (C=O) groups is 2. The van der Waals surface area contributed by atoms with Crippen LogP contribution >= 0.6 is 11.3 Å². The van der Waals surface area contributed by atoms with E-state index in [0.29, 0.717) is 29.5 Å². The maximum absolute atomic E-state index is 13.3. The Labute approximate surface area is 147 Å². The Morgan fingerprint density at radius 2 is 2.12 bits per heavy atom. The van der Waals surface area contributed by atoms with Gasteiger partial charge in [0.1, 0.15) is 16.4 Å². The number of benzene rings is 1. The molecule has 1 fully saturated rings. The summed E-state index contributed by atoms with van der Waals surface area (Å²) in [7, 11) is 0. The highest BCUT2D eigenvalue weighted by molar-refractivity contribution is 7.13. The summed E-state index contributed by atoms with van der Waals surface area (Å²) in [5, 5.41) is 14.4. The lowest BCUT2D eigenvalue weighted by Crippen LogP contribution is -2.57. The Morgan fingerprint density at radius 1 is 1.36 bits per heavy atom. The molecule has 3 rings (SSSR count). The van der Waals surface area contributed by atoms with E-state index in [-0.39, 0.29) is 25.1 Å². The summed E-state index contributed by atoms with van der Waals surface area (Å²) in [5.41, 5.74) is -0.117. The fourth-order valence-electron chi connectivity index (χ4n) is 2.73. The number of carboxylic acid groups (broad SMARTS) is 1. The smallest absolute Gasteiger partial charge is 0.329 e. The van der Waals surface area contributed by atoms with Gasteiger partial charge in [-0.25, -0.2) is 14.2 Å². The van der Waals surface area contributed by atoms with Gasteiger partial charge in [0.2, 0.25) is 5.91 Å². The van der Waals surface area contributed by atoms with Crippen LogP contribution in [-0.4, -0.2) is 40.7 Å². The Balaban J connectivity index is 1.68. The topological polar surface area (TPSA) is 88.5 Å². The lowest BCUT2D eigenvalue weighted by molar-refractivity contribution is -0.152. The molecule has 0 spiro atoms. The van der Waals surface area contributed by atoms with E-state index in [0.717, 1.165) is 0 Å². The number of aliphatic carboxylic acids is 1. The molecule has 2 aromatic rings. The summed E-state index contributed by atoms with van der Waals surface area (Å²) in [4.78, 5) is 28.2. The molecule has 0 radical (unpaired) electrons. The summed E-state index contributed by atoms with van der Waals surface area (Å²) < 4.78 is 18.5. The molecule has 0 unspecified atom stereocenters. The maximum Gasteiger partial charge on any atom is 0.329 e. The second kappa shape index (κ2) is 7.28. The molecular weight excluding hydrogens is 347 g/mol. The van der Waals surface area contributed by atoms with E-state index in [1.807, 2.05) is 0 Å². The lowest BCUT2D eigenvalue weighted by Gasteiger charge is -2.33. The fraction of sp³-hybridized carbons (Fsp3) is 0.353. The van der Waals surface area contributed by atoms with Crippen molar-refractivity contribution < 1.29 is 23.8 Å². The van der Waals surface area contributed by atoms with Gasteiger partial charge in [-0.3, -0.25) is 4.79 Å². The van der Waals surface area contributed by atoms with Gasteiger partial charge in [0.25, 0.3) is 0 Å². The zero-order valence-electron chi connectivity index (χ0n) is 13.3. The van der Waals surface area contributed by atoms with Gasteiger partial charge in [0.15, 0.2) is 0 Å². The van der Waals surface area contributed by atoms with Crippen molar-refractivity contribution in [3.05, 3.63) is 41.2 Å². The van der Waals surface area contributed by atoms with Gasteiger partial charge in [0, 0.05) is 37.0 Å². The molecule has 1 aliphatic rings. The van der Waals surface area contributed by atoms with Gasteiger partial charge in [-0.15, -0.1) is 11.3 Å². The first-order chi connectivity index (χ1) is 12.0. The van der Waals surface area contributed by atoms with Gasteiger partial charge in [-0.2, -0.15) is 0 Å². The highest BCUT2D eigenvalue weighted by Gasteiger charge is 2.41. The summed E-state index contributed by atoms with van der Waals surface area (Å²) in [6.07, 6.45) is 0.446. The van der Waals surface area contributed by atoms with E-state index in [2.05, 4.69) is 10.3 Å². The van der Waals surface area contributed by atoms with Gasteiger partial charge in [-0.1, -0.05) is 12.1 Å². The first-order valence-corrected chi connectivity index (χ1v) is 8.69. The molecular formula is C17H17FN2O4S. The summed E-state index contributed by atoms with van der Waals surface area (Å²) in [5.74, 6) is -1.81. The molecule has 6 nitrogen and oxygen atoms in total. The van der Waals surface area contributed by atoms with Crippen LogP contribution in [0.25, 0.3) is 10.6 Å². The van der Waals surface area contributed by atoms with Crippen LogP contribution in [0.2, 0.25) is 0 Å². The van der Waals surface area contributed by atoms with Crippen molar-refractivity contribution in [3.63, 3.8) is 0 Å². The summed E-state index contributed by atoms with van der Waals surface area (Å²) >= 11 is 1.31. The Morgan fingerprint density at radius 3 is 2.80 bits per heavy atom. The molecule has 1 aromatic carbocycles. The second-order valence-electron chi connectivity index (χ2n) is 5.88. The Bertz CT molecular complexity index is 786. The van der Waals surface area contributed by atoms with Crippen LogP contribution in [-0.2, 0) is 20.7 Å². The quantitative estimate of drug-likeness (QED) is 0.849. The zero-order chi connectivity index (χ0) is 17.9. The monoisotopic (exact) mass is 364 g/mol. The number of ether oxygens (including phenoxy) is 1. The minimum Gasteiger partial charge on any atom is -0.480 e. The molecule has 0 aliphatic carbocycles. The molecule has 25 heavy (non-hydrogen) atoms. The first kappa shape index (κ1) is 17.5. The number of hydrogen-bond acceptors (Lipinski definition) is 5. The molecule has 0 bridgehead atoms. The molecule has 1 aromatic heterocycles. The largest absolute Gasteiger partial charge is 0.480 e. The van der Waals surface area contributed by atoms with Gasteiger partial charge in [0.05, 0.1) is 12.1 Å². The van der Waals surface area contributed by atoms with Crippen LogP contribution in [0.5, 0.6) is 0 Å². The van der Waals surface area contributed by atoms with Crippen molar-refractivity contribution in [3.8, 4) is 10.6 Å². The number of halogens is 1. The SMILES string of the molecule is O=C(Cc1csc(-c2cccc(F)c2)n1)NC1(C(=O)O)CCOCC1. The Hall–Kier alpha value is -2.32. The third-order valence-corrected chi connectivity index (χ3v) is 5.04. The molecule has 0 saturated carbocycles. The number of hydrogen-bond donors (Lipinski definition) is 2. The molecule has 0 atom stereocenters. The second-order valence-corrected chi connectivity index (χ2v) is 6.74. The van der Waals surface area contributed by atoms with Gasteiger partial charge in [-0.05, 0) is 12.1 Å². The number of amides is 1. The van der Waals surface area contributed by atoms with Crippen molar-refractivity contribution in [2.24, 2.45) is 0 Å². The van der Waals surface area contributed by atoms with Crippen LogP contribution in [0.1, 0.15) is 18.5 Å². The van der Waals surface area contributed by atoms with Crippen LogP contribution in [0.3, 0.4) is 0 Å². The van der Waals surface area contributed by atoms with Crippen LogP contribution in [0, 0.1) is 5.82 Å². The predicted octanol–water partition coefficient (Wildman–Crippen LogP) is 2.24. The van der Waals surface area contributed by atoms with Crippen molar-refractivity contribution in [1.82, 2.24) is 10.3 Å². The Kier molecular flexibility index (Phi) is 5.10. The van der Waals surface area contributed by atoms with Crippen LogP contribution in [0.15, 0.2) is 29.6 Å². The van der Waals surface area contributed by atoms with Gasteiger partial charge >= 0.3 is 5.97 Å². The third-order valence-electron chi connectivity index (χ3n) is 4.10. The highest BCUT2D eigenvalue weighted by Crippen LogP contribution is 2.25. The highest BCUT2D eigenvalue weighted by atomic mass is 32.1. The van der Waals surface area contributed by atoms with E-state index < -0.39 is 17.4 Å². The molecule has 1 saturated heterocycles. The zero-order valence-corrected chi connectivity index (χ0v) is 14.1. The lowest BCUT2D eigenvalue weighted by atomic mass is 9.90. The number of carbonyl (C=O) groups excluding carboxylic acids is 1. The number of nitrogens with one attached hydrogen (secondary N) is 1. The molecule has 2 N–H and O–H groups in total. The predicted molar refractivity (Wildman–Crippen MR) is 89.8 cm³/mol. The van der Waals surface area contributed by atoms with Crippen molar-refractivity contribution in [1.29, 1.82) is 0 Å². The number of thiazole rings is 1. The standard InChI is InChI=1S/C17H17FN2O4S/c18-12-3-1-2-11(8-12)15-19-13(10-25-15)9-14(21)20-17(16(22)23)4-6-24-7-5-17/h1-3,8,10H,4-7,9H2,(H,20,21)(H,22,23). The van der Waals surface area contributed by atoms with E-state index in [4.69, 9.17) is 4.74 Å². The number of carboxylic acids is 1. The maximum atomic E-state index is 13.3. The molecule has 1 amide bonds. The van der Waals surface area contributed by atoms with E-state index >= 15 is 0 Å². The summed E-state index contributed by atoms with van der Waals surface area (Å²) in [6, 6.07) is 6.07. The normalized spacial score (nSPS) is 16.4. The number of nitrogens with zero attached hydrogens (tertiary/aromatic N) is 1. The summed E-state index contributed by atoms with van der Waals surface area (Å²) in [6.45, 7) is 0.597. The van der Waals surface area contributed by atoms with Crippen LogP contribution in [0.4, 0.5) is 4.39 Å². The molecule has 8 heteroatoms. The van der Waals surface area contributed by atoms with Crippen molar-refractivity contribution >= 4 is 23.2 Å². The number of rotatable bonds is 5. The average Bonchev–Trinajstić information content (AvgIpc) is 3.04. The number of aromatic nitrogens is 1. The van der Waals surface area contributed by atoms with E-state index in [9.17, 15) is 19.1 Å². The molecule has 1 aliphatic heterocycles. The van der Waals surface area contributed by atoms with Crippen molar-refractivity contribution in [2.45, 2.75) is 24.8 Å².